The minimum atomic E-state index is -0.521. The summed E-state index contributed by atoms with van der Waals surface area (Å²) in [4.78, 5) is 45.8. The van der Waals surface area contributed by atoms with E-state index < -0.39 is 35.4 Å². The van der Waals surface area contributed by atoms with Crippen molar-refractivity contribution < 1.29 is 46.5 Å². The van der Waals surface area contributed by atoms with E-state index in [0.29, 0.717) is 0 Å². The summed E-state index contributed by atoms with van der Waals surface area (Å²) in [5, 5.41) is 27.1. The molecule has 0 bridgehead atoms. The average molecular weight is 456 g/mol. The predicted molar refractivity (Wildman–Crippen MR) is 98.2 cm³/mol. The van der Waals surface area contributed by atoms with Crippen molar-refractivity contribution in [3.05, 3.63) is 22.7 Å². The summed E-state index contributed by atoms with van der Waals surface area (Å²) in [6.45, 7) is 10.1. The fourth-order valence-corrected chi connectivity index (χ4v) is 3.03. The van der Waals surface area contributed by atoms with Gasteiger partial charge in [-0.3, -0.25) is 19.2 Å². The molecular weight excluding hydrogens is 428 g/mol. The standard InChI is InChI=1S/2C10H15NO3.Cu/c2*1-4-5(2)8-9(13)7(6(3)12)10(14)11-8;/h2*5,8,12H,4H2,1-3H3,(H,11,14);/q;;+2/p-2/b2*7-6+;/t2*5-,8-;/m00./s1. The second-order valence-corrected chi connectivity index (χ2v) is 7.26. The zero-order valence-corrected chi connectivity index (χ0v) is 18.4. The van der Waals surface area contributed by atoms with Crippen LogP contribution in [0.25, 0.3) is 0 Å². The Morgan fingerprint density at radius 3 is 1.24 bits per heavy atom. The minimum Gasteiger partial charge on any atom is -0.875 e. The fourth-order valence-electron chi connectivity index (χ4n) is 3.03. The van der Waals surface area contributed by atoms with E-state index in [4.69, 9.17) is 0 Å². The van der Waals surface area contributed by atoms with Crippen LogP contribution in [0.1, 0.15) is 54.4 Å². The molecule has 2 N–H and O–H groups in total. The SMILES string of the molecule is CC[C@H](C)[C@@H]1NC(=O)/C(=C(\C)[O-])C1=O.CC[C@H](C)[C@@H]1NC(=O)/C(=C(\C)[O-])C1=O.[Cu+2]. The molecule has 0 unspecified atom stereocenters. The molecule has 0 aliphatic carbocycles. The van der Waals surface area contributed by atoms with Crippen LogP contribution in [0.3, 0.4) is 0 Å². The maximum Gasteiger partial charge on any atom is 2.00 e. The summed E-state index contributed by atoms with van der Waals surface area (Å²) in [7, 11) is 0. The first-order valence-electron chi connectivity index (χ1n) is 9.43. The van der Waals surface area contributed by atoms with Gasteiger partial charge in [0.25, 0.3) is 11.8 Å². The van der Waals surface area contributed by atoms with Gasteiger partial charge in [0.2, 0.25) is 0 Å². The van der Waals surface area contributed by atoms with E-state index in [0.717, 1.165) is 12.8 Å². The summed E-state index contributed by atoms with van der Waals surface area (Å²) in [5.74, 6) is -2.49. The number of rotatable bonds is 4. The van der Waals surface area contributed by atoms with Crippen LogP contribution in [0.5, 0.6) is 0 Å². The number of nitrogens with one attached hydrogen (secondary N) is 2. The number of Topliss-reactive ketones (excluding diaryl/α,β-unsaturated/α-hetero) is 2. The monoisotopic (exact) mass is 455 g/mol. The van der Waals surface area contributed by atoms with Crippen molar-refractivity contribution in [1.82, 2.24) is 10.6 Å². The van der Waals surface area contributed by atoms with Crippen molar-refractivity contribution in [2.45, 2.75) is 66.5 Å². The Morgan fingerprint density at radius 1 is 0.793 bits per heavy atom. The van der Waals surface area contributed by atoms with Gasteiger partial charge in [0.15, 0.2) is 11.6 Å². The maximum atomic E-state index is 11.6. The molecule has 2 amide bonds. The molecule has 2 rings (SSSR count). The molecule has 29 heavy (non-hydrogen) atoms. The Labute approximate surface area is 181 Å². The van der Waals surface area contributed by atoms with Crippen LogP contribution in [0.15, 0.2) is 22.7 Å². The second-order valence-electron chi connectivity index (χ2n) is 7.26. The molecule has 0 spiro atoms. The quantitative estimate of drug-likeness (QED) is 0.253. The van der Waals surface area contributed by atoms with Crippen molar-refractivity contribution in [2.75, 3.05) is 0 Å². The summed E-state index contributed by atoms with van der Waals surface area (Å²) < 4.78 is 0. The molecule has 0 saturated carbocycles. The largest absolute Gasteiger partial charge is 2.00 e. The molecular formula is C20H28CuN2O6. The van der Waals surface area contributed by atoms with Crippen LogP contribution < -0.4 is 20.8 Å². The molecule has 0 aromatic rings. The van der Waals surface area contributed by atoms with E-state index in [1.807, 2.05) is 27.7 Å². The number of ketones is 2. The van der Waals surface area contributed by atoms with E-state index in [-0.39, 0.29) is 51.6 Å². The van der Waals surface area contributed by atoms with Gasteiger partial charge in [-0.05, 0) is 11.8 Å². The molecule has 9 heteroatoms. The molecule has 2 fully saturated rings. The second kappa shape index (κ2) is 11.2. The molecule has 2 aliphatic heterocycles. The summed E-state index contributed by atoms with van der Waals surface area (Å²) in [5.41, 5.74) is -0.398. The van der Waals surface area contributed by atoms with Gasteiger partial charge in [-0.1, -0.05) is 54.4 Å². The van der Waals surface area contributed by atoms with Gasteiger partial charge in [-0.25, -0.2) is 0 Å². The Bertz CT molecular complexity index is 673. The van der Waals surface area contributed by atoms with E-state index in [2.05, 4.69) is 10.6 Å². The third-order valence-corrected chi connectivity index (χ3v) is 5.22. The van der Waals surface area contributed by atoms with Gasteiger partial charge in [0.1, 0.15) is 0 Å². The number of carbonyl (C=O) groups excluding carboxylic acids is 4. The Balaban J connectivity index is 0.000000523. The van der Waals surface area contributed by atoms with Crippen molar-refractivity contribution in [1.29, 1.82) is 0 Å². The zero-order chi connectivity index (χ0) is 21.8. The Morgan fingerprint density at radius 2 is 1.07 bits per heavy atom. The van der Waals surface area contributed by atoms with Crippen molar-refractivity contribution in [2.24, 2.45) is 11.8 Å². The molecule has 0 aromatic carbocycles. The molecule has 2 heterocycles. The Hall–Kier alpha value is -2.12. The number of carbonyl (C=O) groups is 4. The molecule has 4 atom stereocenters. The van der Waals surface area contributed by atoms with Crippen LogP contribution in [0, 0.1) is 11.8 Å². The van der Waals surface area contributed by atoms with Crippen molar-refractivity contribution in [3.8, 4) is 0 Å². The third kappa shape index (κ3) is 5.93. The Kier molecular flexibility index (Phi) is 10.3. The van der Waals surface area contributed by atoms with Crippen LogP contribution in [-0.4, -0.2) is 35.5 Å². The summed E-state index contributed by atoms with van der Waals surface area (Å²) in [6.07, 6.45) is 1.59. The van der Waals surface area contributed by atoms with Gasteiger partial charge in [0, 0.05) is 0 Å². The van der Waals surface area contributed by atoms with E-state index in [9.17, 15) is 29.4 Å². The van der Waals surface area contributed by atoms with Gasteiger partial charge in [-0.2, -0.15) is 0 Å². The first-order valence-corrected chi connectivity index (χ1v) is 9.43. The zero-order valence-electron chi connectivity index (χ0n) is 17.5. The number of amides is 2. The normalized spacial score (nSPS) is 26.6. The maximum absolute atomic E-state index is 11.6. The first-order chi connectivity index (χ1) is 13.0. The van der Waals surface area contributed by atoms with E-state index >= 15 is 0 Å². The van der Waals surface area contributed by atoms with Crippen LogP contribution >= 0.6 is 0 Å². The van der Waals surface area contributed by atoms with Crippen LogP contribution in [0.4, 0.5) is 0 Å². The van der Waals surface area contributed by atoms with Crippen LogP contribution in [-0.2, 0) is 36.2 Å². The molecule has 1 radical (unpaired) electrons. The first kappa shape index (κ1) is 26.9. The van der Waals surface area contributed by atoms with Gasteiger partial charge in [0.05, 0.1) is 23.2 Å². The number of allylic oxidation sites excluding steroid dienone is 2. The molecule has 8 nitrogen and oxygen atoms in total. The summed E-state index contributed by atoms with van der Waals surface area (Å²) in [6, 6.07) is -1.02. The van der Waals surface area contributed by atoms with E-state index in [1.165, 1.54) is 13.8 Å². The van der Waals surface area contributed by atoms with Gasteiger partial charge < -0.3 is 20.8 Å². The smallest absolute Gasteiger partial charge is 0.875 e. The topological polar surface area (TPSA) is 138 Å². The van der Waals surface area contributed by atoms with Gasteiger partial charge >= 0.3 is 17.1 Å². The number of hydrogen-bond acceptors (Lipinski definition) is 6. The predicted octanol–water partition coefficient (Wildman–Crippen LogP) is -0.534. The third-order valence-electron chi connectivity index (χ3n) is 5.22. The molecule has 0 aromatic heterocycles. The van der Waals surface area contributed by atoms with Crippen molar-refractivity contribution >= 4 is 23.4 Å². The summed E-state index contributed by atoms with van der Waals surface area (Å²) >= 11 is 0. The number of hydrogen-bond donors (Lipinski definition) is 2. The fraction of sp³-hybridized carbons (Fsp3) is 0.600. The van der Waals surface area contributed by atoms with Crippen molar-refractivity contribution in [3.63, 3.8) is 0 Å². The van der Waals surface area contributed by atoms with E-state index in [1.54, 1.807) is 0 Å². The average Bonchev–Trinajstić information content (AvgIpc) is 3.09. The van der Waals surface area contributed by atoms with Crippen LogP contribution in [0.2, 0.25) is 0 Å². The minimum absolute atomic E-state index is 0. The van der Waals surface area contributed by atoms with Gasteiger partial charge in [-0.15, -0.1) is 11.5 Å². The molecule has 2 saturated heterocycles. The molecule has 2 aliphatic rings. The molecule has 165 valence electrons.